The largest absolute Gasteiger partial charge is 0.444 e. The van der Waals surface area contributed by atoms with E-state index >= 15 is 0 Å². The third-order valence-electron chi connectivity index (χ3n) is 2.66. The van der Waals surface area contributed by atoms with Crippen molar-refractivity contribution in [3.63, 3.8) is 0 Å². The molecule has 1 rings (SSSR count). The molecule has 1 saturated heterocycles. The highest BCUT2D eigenvalue weighted by Crippen LogP contribution is 2.15. The number of amides is 2. The summed E-state index contributed by atoms with van der Waals surface area (Å²) in [4.78, 5) is 24.9. The highest BCUT2D eigenvalue weighted by Gasteiger charge is 2.25. The van der Waals surface area contributed by atoms with Crippen LogP contribution in [0.25, 0.3) is 0 Å². The first-order chi connectivity index (χ1) is 7.79. The molecule has 17 heavy (non-hydrogen) atoms. The Kier molecular flexibility index (Phi) is 4.37. The van der Waals surface area contributed by atoms with Crippen molar-refractivity contribution in [1.82, 2.24) is 10.2 Å². The van der Waals surface area contributed by atoms with Gasteiger partial charge in [-0.25, -0.2) is 4.79 Å². The summed E-state index contributed by atoms with van der Waals surface area (Å²) < 4.78 is 5.06. The summed E-state index contributed by atoms with van der Waals surface area (Å²) in [5, 5.41) is 2.48. The van der Waals surface area contributed by atoms with Crippen molar-refractivity contribution in [3.8, 4) is 0 Å². The zero-order chi connectivity index (χ0) is 13.1. The third-order valence-corrected chi connectivity index (χ3v) is 2.66. The summed E-state index contributed by atoms with van der Waals surface area (Å²) in [6.45, 7) is 8.19. The molecule has 1 aliphatic rings. The molecule has 2 amide bonds. The first kappa shape index (κ1) is 13.8. The molecule has 1 aliphatic heterocycles. The van der Waals surface area contributed by atoms with Crippen LogP contribution in [0.1, 0.15) is 40.5 Å². The van der Waals surface area contributed by atoms with E-state index in [4.69, 9.17) is 4.74 Å². The molecule has 0 aromatic carbocycles. The fourth-order valence-corrected chi connectivity index (χ4v) is 1.87. The summed E-state index contributed by atoms with van der Waals surface area (Å²) in [6.07, 6.45) is 1.54. The van der Waals surface area contributed by atoms with Crippen LogP contribution in [0.5, 0.6) is 0 Å². The molecular formula is C12H22N2O3. The number of carbonyl (C=O) groups excluding carboxylic acids is 2. The van der Waals surface area contributed by atoms with E-state index in [9.17, 15) is 9.59 Å². The van der Waals surface area contributed by atoms with Crippen molar-refractivity contribution in [3.05, 3.63) is 0 Å². The Morgan fingerprint density at radius 2 is 2.06 bits per heavy atom. The fourth-order valence-electron chi connectivity index (χ4n) is 1.87. The van der Waals surface area contributed by atoms with Crippen LogP contribution in [0, 0.1) is 0 Å². The number of hydrogen-bond acceptors (Lipinski definition) is 3. The molecule has 0 aromatic heterocycles. The maximum absolute atomic E-state index is 11.8. The van der Waals surface area contributed by atoms with E-state index in [0.29, 0.717) is 0 Å². The number of nitrogens with zero attached hydrogens (tertiary/aromatic N) is 1. The van der Waals surface area contributed by atoms with Gasteiger partial charge in [-0.1, -0.05) is 0 Å². The molecule has 1 heterocycles. The minimum absolute atomic E-state index is 0.0131. The number of likely N-dealkylation sites (tertiary alicyclic amines) is 1. The molecule has 0 radical (unpaired) electrons. The predicted octanol–water partition coefficient (Wildman–Crippen LogP) is 1.52. The van der Waals surface area contributed by atoms with Crippen LogP contribution in [0.3, 0.4) is 0 Å². The molecule has 1 fully saturated rings. The van der Waals surface area contributed by atoms with Gasteiger partial charge in [-0.15, -0.1) is 0 Å². The third kappa shape index (κ3) is 4.63. The topological polar surface area (TPSA) is 58.6 Å². The molecule has 0 spiro atoms. The first-order valence-electron chi connectivity index (χ1n) is 6.06. The summed E-state index contributed by atoms with van der Waals surface area (Å²) in [7, 11) is 0. The molecule has 1 unspecified atom stereocenters. The second-order valence-electron chi connectivity index (χ2n) is 5.43. The van der Waals surface area contributed by atoms with Gasteiger partial charge in [0, 0.05) is 12.6 Å². The Hall–Kier alpha value is -1.26. The Balaban J connectivity index is 2.31. The fraction of sp³-hybridized carbons (Fsp3) is 0.833. The van der Waals surface area contributed by atoms with Crippen molar-refractivity contribution in [2.24, 2.45) is 0 Å². The number of rotatable bonds is 2. The molecular weight excluding hydrogens is 220 g/mol. The molecule has 0 aromatic rings. The van der Waals surface area contributed by atoms with E-state index < -0.39 is 11.7 Å². The molecule has 1 atom stereocenters. The van der Waals surface area contributed by atoms with Gasteiger partial charge in [0.1, 0.15) is 12.1 Å². The van der Waals surface area contributed by atoms with Crippen LogP contribution in [-0.4, -0.2) is 41.6 Å². The normalized spacial score (nSPS) is 20.2. The van der Waals surface area contributed by atoms with E-state index in [1.165, 1.54) is 0 Å². The summed E-state index contributed by atoms with van der Waals surface area (Å²) in [6, 6.07) is 0.280. The molecule has 0 bridgehead atoms. The average Bonchev–Trinajstić information content (AvgIpc) is 2.58. The quantitative estimate of drug-likeness (QED) is 0.798. The van der Waals surface area contributed by atoms with Crippen LogP contribution in [-0.2, 0) is 9.53 Å². The standard InChI is InChI=1S/C12H22N2O3/c1-9-6-5-7-14(9)10(15)8-13-11(16)17-12(2,3)4/h9H,5-8H2,1-4H3,(H,13,16). The van der Waals surface area contributed by atoms with Gasteiger partial charge in [0.2, 0.25) is 5.91 Å². The van der Waals surface area contributed by atoms with Crippen LogP contribution in [0.15, 0.2) is 0 Å². The van der Waals surface area contributed by atoms with Gasteiger partial charge in [-0.05, 0) is 40.5 Å². The molecule has 1 N–H and O–H groups in total. The van der Waals surface area contributed by atoms with Gasteiger partial charge >= 0.3 is 6.09 Å². The van der Waals surface area contributed by atoms with Gasteiger partial charge in [0.15, 0.2) is 0 Å². The second kappa shape index (κ2) is 5.38. The second-order valence-corrected chi connectivity index (χ2v) is 5.43. The lowest BCUT2D eigenvalue weighted by Gasteiger charge is -2.23. The monoisotopic (exact) mass is 242 g/mol. The van der Waals surface area contributed by atoms with Gasteiger partial charge in [-0.3, -0.25) is 4.79 Å². The number of hydrogen-bond donors (Lipinski definition) is 1. The lowest BCUT2D eigenvalue weighted by molar-refractivity contribution is -0.130. The van der Waals surface area contributed by atoms with Gasteiger partial charge in [-0.2, -0.15) is 0 Å². The smallest absolute Gasteiger partial charge is 0.408 e. The van der Waals surface area contributed by atoms with E-state index in [1.54, 1.807) is 25.7 Å². The highest BCUT2D eigenvalue weighted by atomic mass is 16.6. The molecule has 0 saturated carbocycles. The summed E-state index contributed by atoms with van der Waals surface area (Å²) in [5.74, 6) is -0.0409. The zero-order valence-electron chi connectivity index (χ0n) is 11.1. The van der Waals surface area contributed by atoms with Gasteiger partial charge in [0.05, 0.1) is 0 Å². The van der Waals surface area contributed by atoms with Crippen molar-refractivity contribution in [2.45, 2.75) is 52.2 Å². The van der Waals surface area contributed by atoms with Gasteiger partial charge in [0.25, 0.3) is 0 Å². The van der Waals surface area contributed by atoms with Crippen molar-refractivity contribution in [1.29, 1.82) is 0 Å². The summed E-state index contributed by atoms with van der Waals surface area (Å²) in [5.41, 5.74) is -0.534. The van der Waals surface area contributed by atoms with Crippen molar-refractivity contribution >= 4 is 12.0 Å². The van der Waals surface area contributed by atoms with Crippen LogP contribution in [0.2, 0.25) is 0 Å². The van der Waals surface area contributed by atoms with E-state index in [-0.39, 0.29) is 18.5 Å². The number of carbonyl (C=O) groups is 2. The minimum atomic E-state index is -0.544. The van der Waals surface area contributed by atoms with E-state index in [2.05, 4.69) is 5.32 Å². The predicted molar refractivity (Wildman–Crippen MR) is 64.6 cm³/mol. The van der Waals surface area contributed by atoms with Crippen LogP contribution >= 0.6 is 0 Å². The minimum Gasteiger partial charge on any atom is -0.444 e. The molecule has 5 nitrogen and oxygen atoms in total. The summed E-state index contributed by atoms with van der Waals surface area (Å²) >= 11 is 0. The van der Waals surface area contributed by atoms with Crippen LogP contribution in [0.4, 0.5) is 4.79 Å². The Bertz CT molecular complexity index is 297. The average molecular weight is 242 g/mol. The SMILES string of the molecule is CC1CCCN1C(=O)CNC(=O)OC(C)(C)C. The first-order valence-corrected chi connectivity index (χ1v) is 6.06. The molecule has 0 aliphatic carbocycles. The van der Waals surface area contributed by atoms with Crippen molar-refractivity contribution in [2.75, 3.05) is 13.1 Å². The molecule has 98 valence electrons. The zero-order valence-corrected chi connectivity index (χ0v) is 11.1. The Morgan fingerprint density at radius 1 is 1.41 bits per heavy atom. The van der Waals surface area contributed by atoms with Crippen LogP contribution < -0.4 is 5.32 Å². The molecule has 5 heteroatoms. The van der Waals surface area contributed by atoms with E-state index in [1.807, 2.05) is 6.92 Å². The van der Waals surface area contributed by atoms with Gasteiger partial charge < -0.3 is 15.0 Å². The Labute approximate surface area is 102 Å². The number of alkyl carbamates (subject to hydrolysis) is 1. The Morgan fingerprint density at radius 3 is 2.53 bits per heavy atom. The van der Waals surface area contributed by atoms with Crippen molar-refractivity contribution < 1.29 is 14.3 Å². The number of nitrogens with one attached hydrogen (secondary N) is 1. The lowest BCUT2D eigenvalue weighted by Crippen LogP contribution is -2.43. The lowest BCUT2D eigenvalue weighted by atomic mass is 10.2. The maximum Gasteiger partial charge on any atom is 0.408 e. The number of ether oxygens (including phenoxy) is 1. The highest BCUT2D eigenvalue weighted by molar-refractivity contribution is 5.82. The maximum atomic E-state index is 11.8. The van der Waals surface area contributed by atoms with E-state index in [0.717, 1.165) is 19.4 Å².